The lowest BCUT2D eigenvalue weighted by Gasteiger charge is -2.27. The second kappa shape index (κ2) is 8.46. The number of halogens is 1. The average Bonchev–Trinajstić information content (AvgIpc) is 2.67. The molecule has 0 spiro atoms. The quantitative estimate of drug-likeness (QED) is 0.622. The van der Waals surface area contributed by atoms with E-state index in [9.17, 15) is 4.79 Å². The molecule has 0 bridgehead atoms. The van der Waals surface area contributed by atoms with Crippen LogP contribution in [0.4, 0.5) is 0 Å². The Morgan fingerprint density at radius 3 is 2.12 bits per heavy atom. The molecule has 1 aliphatic carbocycles. The van der Waals surface area contributed by atoms with E-state index in [0.717, 1.165) is 11.1 Å². The van der Waals surface area contributed by atoms with Crippen molar-refractivity contribution in [1.82, 2.24) is 0 Å². The molecule has 1 saturated carbocycles. The van der Waals surface area contributed by atoms with Gasteiger partial charge >= 0.3 is 0 Å². The fourth-order valence-electron chi connectivity index (χ4n) is 3.58. The van der Waals surface area contributed by atoms with Crippen molar-refractivity contribution < 1.29 is 10.1 Å². The molecule has 0 unspecified atom stereocenters. The van der Waals surface area contributed by atoms with Gasteiger partial charge in [0.05, 0.1) is 6.04 Å². The third-order valence-electron chi connectivity index (χ3n) is 4.92. The largest absolute Gasteiger partial charge is 0.333 e. The van der Waals surface area contributed by atoms with E-state index < -0.39 is 0 Å². The van der Waals surface area contributed by atoms with Crippen molar-refractivity contribution >= 4 is 17.4 Å². The Bertz CT molecular complexity index is 637. The summed E-state index contributed by atoms with van der Waals surface area (Å²) in [5, 5.41) is 1.92. The lowest BCUT2D eigenvalue weighted by molar-refractivity contribution is -0.711. The van der Waals surface area contributed by atoms with E-state index in [2.05, 4.69) is 5.32 Å². The van der Waals surface area contributed by atoms with Crippen molar-refractivity contribution in [3.8, 4) is 0 Å². The number of benzene rings is 2. The van der Waals surface area contributed by atoms with Crippen LogP contribution in [0.25, 0.3) is 0 Å². The first-order valence-electron chi connectivity index (χ1n) is 8.89. The van der Waals surface area contributed by atoms with Gasteiger partial charge in [0.1, 0.15) is 5.38 Å². The van der Waals surface area contributed by atoms with Crippen molar-refractivity contribution in [1.29, 1.82) is 0 Å². The Hall–Kier alpha value is -1.64. The number of carbonyl (C=O) groups excluding carboxylic acids is 1. The number of hydrogen-bond donors (Lipinski definition) is 1. The molecule has 2 nitrogen and oxygen atoms in total. The molecule has 1 aliphatic rings. The summed E-state index contributed by atoms with van der Waals surface area (Å²) in [6.45, 7) is 0. The topological polar surface area (TPSA) is 33.7 Å². The van der Waals surface area contributed by atoms with Crippen LogP contribution in [0.5, 0.6) is 0 Å². The third kappa shape index (κ3) is 4.25. The van der Waals surface area contributed by atoms with Crippen LogP contribution in [0.2, 0.25) is 0 Å². The molecule has 126 valence electrons. The van der Waals surface area contributed by atoms with Gasteiger partial charge in [-0.15, -0.1) is 11.6 Å². The van der Waals surface area contributed by atoms with E-state index in [-0.39, 0.29) is 17.2 Å². The van der Waals surface area contributed by atoms with Gasteiger partial charge in [-0.2, -0.15) is 0 Å². The van der Waals surface area contributed by atoms with E-state index in [4.69, 9.17) is 11.6 Å². The van der Waals surface area contributed by atoms with Crippen LogP contribution in [0, 0.1) is 0 Å². The molecule has 3 heteroatoms. The second-order valence-corrected chi connectivity index (χ2v) is 7.13. The molecule has 2 aromatic rings. The Morgan fingerprint density at radius 2 is 1.50 bits per heavy atom. The summed E-state index contributed by atoms with van der Waals surface area (Å²) in [5.74, 6) is 0.130. The highest BCUT2D eigenvalue weighted by molar-refractivity contribution is 6.23. The number of rotatable bonds is 6. The molecule has 2 aromatic carbocycles. The summed E-state index contributed by atoms with van der Waals surface area (Å²) in [5.41, 5.74) is 1.76. The number of ketones is 1. The monoisotopic (exact) mass is 342 g/mol. The maximum absolute atomic E-state index is 13.1. The first-order chi connectivity index (χ1) is 11.8. The lowest BCUT2D eigenvalue weighted by Crippen LogP contribution is -2.97. The fourth-order valence-corrected chi connectivity index (χ4v) is 3.92. The molecule has 0 amide bonds. The van der Waals surface area contributed by atoms with Crippen molar-refractivity contribution in [3.63, 3.8) is 0 Å². The number of hydrogen-bond acceptors (Lipinski definition) is 1. The Labute approximate surface area is 149 Å². The van der Waals surface area contributed by atoms with E-state index in [0.29, 0.717) is 6.04 Å². The van der Waals surface area contributed by atoms with Gasteiger partial charge in [0.25, 0.3) is 0 Å². The maximum Gasteiger partial charge on any atom is 0.221 e. The second-order valence-electron chi connectivity index (χ2n) is 6.66. The number of quaternary nitrogens is 1. The maximum atomic E-state index is 13.1. The summed E-state index contributed by atoms with van der Waals surface area (Å²) < 4.78 is 0. The normalized spacial score (nSPS) is 18.0. The predicted octanol–water partition coefficient (Wildman–Crippen LogP) is 4.11. The van der Waals surface area contributed by atoms with E-state index >= 15 is 0 Å². The zero-order valence-electron chi connectivity index (χ0n) is 13.9. The Kier molecular flexibility index (Phi) is 6.06. The number of alkyl halides is 1. The zero-order valence-corrected chi connectivity index (χ0v) is 14.7. The van der Waals surface area contributed by atoms with Gasteiger partial charge in [-0.05, 0) is 31.2 Å². The SMILES string of the molecule is O=C(c1ccccc1)[C@@H]([NH2+]C1CCCCC1)[C@@H](Cl)c1ccccc1. The molecule has 0 heterocycles. The predicted molar refractivity (Wildman–Crippen MR) is 98.4 cm³/mol. The standard InChI is InChI=1S/C21H24ClNO/c22-19(16-10-4-1-5-11-16)20(23-18-14-8-3-9-15-18)21(24)17-12-6-2-7-13-17/h1-2,4-7,10-13,18-20,23H,3,8-9,14-15H2/p+1/t19-,20-/m0/s1. The van der Waals surface area contributed by atoms with Crippen LogP contribution < -0.4 is 5.32 Å². The summed E-state index contributed by atoms with van der Waals surface area (Å²) in [6.07, 6.45) is 6.18. The summed E-state index contributed by atoms with van der Waals surface area (Å²) in [7, 11) is 0. The number of nitrogens with two attached hydrogens (primary N) is 1. The minimum Gasteiger partial charge on any atom is -0.333 e. The van der Waals surface area contributed by atoms with Gasteiger partial charge in [0.2, 0.25) is 5.78 Å². The van der Waals surface area contributed by atoms with Crippen LogP contribution in [-0.4, -0.2) is 17.9 Å². The first-order valence-corrected chi connectivity index (χ1v) is 9.32. The summed E-state index contributed by atoms with van der Waals surface area (Å²) in [4.78, 5) is 13.1. The van der Waals surface area contributed by atoms with Gasteiger partial charge in [0, 0.05) is 5.56 Å². The van der Waals surface area contributed by atoms with Crippen molar-refractivity contribution in [3.05, 3.63) is 71.8 Å². The van der Waals surface area contributed by atoms with Crippen molar-refractivity contribution in [2.24, 2.45) is 0 Å². The van der Waals surface area contributed by atoms with Crippen LogP contribution in [0.1, 0.15) is 53.4 Å². The van der Waals surface area contributed by atoms with Crippen LogP contribution in [0.15, 0.2) is 60.7 Å². The highest BCUT2D eigenvalue weighted by Gasteiger charge is 2.34. The van der Waals surface area contributed by atoms with Crippen LogP contribution in [-0.2, 0) is 0 Å². The Balaban J connectivity index is 1.83. The van der Waals surface area contributed by atoms with Gasteiger partial charge in [0.15, 0.2) is 6.04 Å². The van der Waals surface area contributed by atoms with Crippen molar-refractivity contribution in [2.75, 3.05) is 0 Å². The minimum absolute atomic E-state index is 0.130. The fraction of sp³-hybridized carbons (Fsp3) is 0.381. The molecule has 2 atom stereocenters. The highest BCUT2D eigenvalue weighted by atomic mass is 35.5. The summed E-state index contributed by atoms with van der Waals surface area (Å²) in [6, 6.07) is 19.7. The number of Topliss-reactive ketones (excluding diaryl/α,β-unsaturated/α-hetero) is 1. The molecule has 2 N–H and O–H groups in total. The molecule has 0 radical (unpaired) electrons. The molecule has 0 aromatic heterocycles. The first kappa shape index (κ1) is 17.2. The molecule has 0 saturated heterocycles. The van der Waals surface area contributed by atoms with Gasteiger partial charge < -0.3 is 5.32 Å². The molecular weight excluding hydrogens is 318 g/mol. The van der Waals surface area contributed by atoms with Crippen LogP contribution in [0.3, 0.4) is 0 Å². The number of carbonyl (C=O) groups is 1. The average molecular weight is 343 g/mol. The molecule has 3 rings (SSSR count). The van der Waals surface area contributed by atoms with Gasteiger partial charge in [-0.1, -0.05) is 67.1 Å². The zero-order chi connectivity index (χ0) is 16.8. The minimum atomic E-state index is -0.319. The Morgan fingerprint density at radius 1 is 0.917 bits per heavy atom. The van der Waals surface area contributed by atoms with E-state index in [1.807, 2.05) is 60.7 Å². The third-order valence-corrected chi connectivity index (χ3v) is 5.45. The summed E-state index contributed by atoms with van der Waals surface area (Å²) >= 11 is 6.78. The van der Waals surface area contributed by atoms with Gasteiger partial charge in [-0.3, -0.25) is 4.79 Å². The molecule has 24 heavy (non-hydrogen) atoms. The highest BCUT2D eigenvalue weighted by Crippen LogP contribution is 2.25. The van der Waals surface area contributed by atoms with E-state index in [1.54, 1.807) is 0 Å². The van der Waals surface area contributed by atoms with E-state index in [1.165, 1.54) is 32.1 Å². The van der Waals surface area contributed by atoms with Crippen molar-refractivity contribution in [2.45, 2.75) is 49.6 Å². The van der Waals surface area contributed by atoms with Gasteiger partial charge in [-0.25, -0.2) is 0 Å². The molecular formula is C21H25ClNO+. The molecule has 0 aliphatic heterocycles. The lowest BCUT2D eigenvalue weighted by atomic mass is 9.91. The smallest absolute Gasteiger partial charge is 0.221 e. The molecule has 1 fully saturated rings. The van der Waals surface area contributed by atoms with Crippen LogP contribution >= 0.6 is 11.6 Å².